The van der Waals surface area contributed by atoms with E-state index < -0.39 is 0 Å². The maximum absolute atomic E-state index is 13.5. The molecular weight excluding hydrogens is 464 g/mol. The van der Waals surface area contributed by atoms with Crippen molar-refractivity contribution in [2.45, 2.75) is 23.6 Å². The summed E-state index contributed by atoms with van der Waals surface area (Å²) in [5, 5.41) is 12.0. The molecule has 1 fully saturated rings. The van der Waals surface area contributed by atoms with Crippen molar-refractivity contribution in [2.75, 3.05) is 26.2 Å². The summed E-state index contributed by atoms with van der Waals surface area (Å²) in [4.78, 5) is 22.3. The lowest BCUT2D eigenvalue weighted by Crippen LogP contribution is -2.48. The summed E-state index contributed by atoms with van der Waals surface area (Å²) in [5.74, 6) is 1.05. The molecule has 1 saturated heterocycles. The minimum atomic E-state index is -0.0415. The summed E-state index contributed by atoms with van der Waals surface area (Å²) in [6, 6.07) is 17.7. The number of aryl methyl sites for hydroxylation is 1. The third kappa shape index (κ3) is 4.87. The molecule has 8 heteroatoms. The molecule has 0 bridgehead atoms. The van der Waals surface area contributed by atoms with Gasteiger partial charge in [-0.15, -0.1) is 11.3 Å². The summed E-state index contributed by atoms with van der Waals surface area (Å²) in [5.41, 5.74) is 4.55. The second-order valence-electron chi connectivity index (χ2n) is 8.33. The second kappa shape index (κ2) is 10.0. The number of thiazole rings is 1. The van der Waals surface area contributed by atoms with Crippen molar-refractivity contribution in [3.05, 3.63) is 82.1 Å². The molecular formula is C26H24N4O2S2. The van der Waals surface area contributed by atoms with Crippen LogP contribution in [0.4, 0.5) is 0 Å². The minimum absolute atomic E-state index is 0.0415. The van der Waals surface area contributed by atoms with Crippen LogP contribution in [0.25, 0.3) is 11.0 Å². The quantitative estimate of drug-likeness (QED) is 0.342. The monoisotopic (exact) mass is 488 g/mol. The van der Waals surface area contributed by atoms with Gasteiger partial charge in [0, 0.05) is 60.5 Å². The van der Waals surface area contributed by atoms with E-state index in [1.807, 2.05) is 65.7 Å². The first-order chi connectivity index (χ1) is 16.6. The van der Waals surface area contributed by atoms with Crippen molar-refractivity contribution in [3.63, 3.8) is 0 Å². The Hall–Kier alpha value is -3.12. The minimum Gasteiger partial charge on any atom is -0.451 e. The zero-order valence-electron chi connectivity index (χ0n) is 18.9. The summed E-state index contributed by atoms with van der Waals surface area (Å²) < 4.78 is 7.09. The van der Waals surface area contributed by atoms with E-state index in [0.29, 0.717) is 30.2 Å². The second-order valence-corrected chi connectivity index (χ2v) is 10.4. The number of para-hydroxylation sites is 1. The third-order valence-corrected chi connectivity index (χ3v) is 8.14. The van der Waals surface area contributed by atoms with Gasteiger partial charge in [-0.2, -0.15) is 5.26 Å². The average molecular weight is 489 g/mol. The number of nitrogens with zero attached hydrogens (tertiary/aromatic N) is 4. The Morgan fingerprint density at radius 3 is 2.62 bits per heavy atom. The number of carbonyl (C=O) groups excluding carboxylic acids is 1. The van der Waals surface area contributed by atoms with Gasteiger partial charge in [0.1, 0.15) is 9.92 Å². The summed E-state index contributed by atoms with van der Waals surface area (Å²) in [7, 11) is 0. The molecule has 0 spiro atoms. The number of rotatable bonds is 6. The van der Waals surface area contributed by atoms with Crippen molar-refractivity contribution in [2.24, 2.45) is 0 Å². The molecule has 3 heterocycles. The molecule has 1 amide bonds. The molecule has 0 N–H and O–H groups in total. The normalized spacial score (nSPS) is 14.4. The smallest absolute Gasteiger partial charge is 0.290 e. The summed E-state index contributed by atoms with van der Waals surface area (Å²) in [6.07, 6.45) is 0. The van der Waals surface area contributed by atoms with E-state index in [1.165, 1.54) is 5.56 Å². The standard InChI is InChI=1S/C26H24N4O2S2/c1-18-16-33-26(28-18)34-17-22-21-4-2-3-5-23(21)32-24(22)25(31)30-12-10-29(11-13-30)15-20-8-6-19(14-27)7-9-20/h2-9,16H,10-13,15,17H2,1H3. The fourth-order valence-corrected chi connectivity index (χ4v) is 6.02. The Morgan fingerprint density at radius 2 is 1.91 bits per heavy atom. The number of hydrogen-bond acceptors (Lipinski definition) is 7. The van der Waals surface area contributed by atoms with Gasteiger partial charge in [-0.3, -0.25) is 9.69 Å². The van der Waals surface area contributed by atoms with Gasteiger partial charge >= 0.3 is 0 Å². The van der Waals surface area contributed by atoms with E-state index in [0.717, 1.165) is 46.2 Å². The molecule has 5 rings (SSSR count). The average Bonchev–Trinajstić information content (AvgIpc) is 3.46. The fraction of sp³-hybridized carbons (Fsp3) is 0.269. The van der Waals surface area contributed by atoms with Gasteiger partial charge in [-0.25, -0.2) is 4.98 Å². The highest BCUT2D eigenvalue weighted by molar-refractivity contribution is 8.00. The van der Waals surface area contributed by atoms with E-state index >= 15 is 0 Å². The topological polar surface area (TPSA) is 73.4 Å². The van der Waals surface area contributed by atoms with Crippen LogP contribution in [0.2, 0.25) is 0 Å². The van der Waals surface area contributed by atoms with Gasteiger partial charge in [-0.1, -0.05) is 42.1 Å². The van der Waals surface area contributed by atoms with E-state index in [2.05, 4.69) is 16.0 Å². The molecule has 4 aromatic rings. The molecule has 0 radical (unpaired) electrons. The molecule has 2 aromatic heterocycles. The molecule has 1 aliphatic heterocycles. The predicted molar refractivity (Wildman–Crippen MR) is 135 cm³/mol. The van der Waals surface area contributed by atoms with Gasteiger partial charge < -0.3 is 9.32 Å². The van der Waals surface area contributed by atoms with E-state index in [4.69, 9.17) is 9.68 Å². The van der Waals surface area contributed by atoms with Crippen LogP contribution in [0.5, 0.6) is 0 Å². The largest absolute Gasteiger partial charge is 0.451 e. The Balaban J connectivity index is 1.28. The Labute approximate surface area is 206 Å². The molecule has 0 aliphatic carbocycles. The highest BCUT2D eigenvalue weighted by atomic mass is 32.2. The molecule has 6 nitrogen and oxygen atoms in total. The van der Waals surface area contributed by atoms with Gasteiger partial charge in [0.2, 0.25) is 0 Å². The number of thioether (sulfide) groups is 1. The van der Waals surface area contributed by atoms with Crippen molar-refractivity contribution in [1.29, 1.82) is 5.26 Å². The molecule has 172 valence electrons. The zero-order valence-corrected chi connectivity index (χ0v) is 20.5. The number of nitriles is 1. The Kier molecular flexibility index (Phi) is 6.68. The predicted octanol–water partition coefficient (Wildman–Crippen LogP) is 5.32. The Bertz CT molecular complexity index is 1350. The molecule has 0 unspecified atom stereocenters. The van der Waals surface area contributed by atoms with Crippen molar-refractivity contribution in [3.8, 4) is 6.07 Å². The van der Waals surface area contributed by atoms with Crippen LogP contribution in [-0.4, -0.2) is 46.9 Å². The molecule has 34 heavy (non-hydrogen) atoms. The number of carbonyl (C=O) groups is 1. The van der Waals surface area contributed by atoms with Gasteiger partial charge in [0.15, 0.2) is 5.76 Å². The summed E-state index contributed by atoms with van der Waals surface area (Å²) >= 11 is 3.27. The van der Waals surface area contributed by atoms with Crippen LogP contribution in [0.3, 0.4) is 0 Å². The van der Waals surface area contributed by atoms with Gasteiger partial charge in [0.05, 0.1) is 11.6 Å². The van der Waals surface area contributed by atoms with E-state index in [-0.39, 0.29) is 5.91 Å². The van der Waals surface area contributed by atoms with E-state index in [9.17, 15) is 4.79 Å². The van der Waals surface area contributed by atoms with E-state index in [1.54, 1.807) is 23.1 Å². The van der Waals surface area contributed by atoms with Crippen LogP contribution < -0.4 is 0 Å². The molecule has 1 aliphatic rings. The van der Waals surface area contributed by atoms with Gasteiger partial charge in [0.25, 0.3) is 5.91 Å². The van der Waals surface area contributed by atoms with Gasteiger partial charge in [-0.05, 0) is 30.7 Å². The first-order valence-corrected chi connectivity index (χ1v) is 13.0. The maximum Gasteiger partial charge on any atom is 0.290 e. The molecule has 0 atom stereocenters. The molecule has 2 aromatic carbocycles. The van der Waals surface area contributed by atoms with Crippen LogP contribution in [-0.2, 0) is 12.3 Å². The lowest BCUT2D eigenvalue weighted by Gasteiger charge is -2.34. The highest BCUT2D eigenvalue weighted by Crippen LogP contribution is 2.34. The summed E-state index contributed by atoms with van der Waals surface area (Å²) in [6.45, 7) is 5.72. The Morgan fingerprint density at radius 1 is 1.15 bits per heavy atom. The van der Waals surface area contributed by atoms with Crippen LogP contribution >= 0.6 is 23.1 Å². The zero-order chi connectivity index (χ0) is 23.5. The first kappa shape index (κ1) is 22.7. The van der Waals surface area contributed by atoms with Crippen molar-refractivity contribution < 1.29 is 9.21 Å². The number of furan rings is 1. The van der Waals surface area contributed by atoms with Crippen LogP contribution in [0, 0.1) is 18.3 Å². The first-order valence-electron chi connectivity index (χ1n) is 11.2. The number of fused-ring (bicyclic) bond motifs is 1. The maximum atomic E-state index is 13.5. The van der Waals surface area contributed by atoms with Crippen molar-refractivity contribution in [1.82, 2.24) is 14.8 Å². The highest BCUT2D eigenvalue weighted by Gasteiger charge is 2.28. The van der Waals surface area contributed by atoms with Crippen LogP contribution in [0.15, 0.2) is 62.7 Å². The number of hydrogen-bond donors (Lipinski definition) is 0. The lowest BCUT2D eigenvalue weighted by atomic mass is 10.1. The number of benzene rings is 2. The fourth-order valence-electron chi connectivity index (χ4n) is 4.14. The lowest BCUT2D eigenvalue weighted by molar-refractivity contribution is 0.0599. The molecule has 0 saturated carbocycles. The van der Waals surface area contributed by atoms with Crippen molar-refractivity contribution >= 4 is 40.0 Å². The third-order valence-electron chi connectivity index (χ3n) is 5.98. The van der Waals surface area contributed by atoms with Crippen LogP contribution in [0.1, 0.15) is 32.9 Å². The number of piperazine rings is 1. The number of amides is 1. The SMILES string of the molecule is Cc1csc(SCc2c(C(=O)N3CCN(Cc4ccc(C#N)cc4)CC3)oc3ccccc23)n1. The number of aromatic nitrogens is 1.